The summed E-state index contributed by atoms with van der Waals surface area (Å²) in [5.74, 6) is 0.396. The monoisotopic (exact) mass is 225 g/mol. The lowest BCUT2D eigenvalue weighted by Gasteiger charge is -2.11. The molecule has 2 N–H and O–H groups in total. The summed E-state index contributed by atoms with van der Waals surface area (Å²) < 4.78 is 6.79. The van der Waals surface area contributed by atoms with Gasteiger partial charge in [0.05, 0.1) is 19.3 Å². The van der Waals surface area contributed by atoms with Crippen molar-refractivity contribution in [2.75, 3.05) is 7.11 Å². The molecule has 90 valence electrons. The topological polar surface area (TPSA) is 70.1 Å². The van der Waals surface area contributed by atoms with Gasteiger partial charge in [0.1, 0.15) is 5.69 Å². The van der Waals surface area contributed by atoms with Gasteiger partial charge in [-0.2, -0.15) is 5.10 Å². The molecule has 1 atom stereocenters. The number of ether oxygens (including phenoxy) is 1. The molecule has 0 fully saturated rings. The number of aryl methyl sites for hydroxylation is 1. The highest BCUT2D eigenvalue weighted by Gasteiger charge is 2.23. The van der Waals surface area contributed by atoms with E-state index in [1.165, 1.54) is 7.11 Å². The minimum atomic E-state index is -0.485. The Balaban J connectivity index is 3.07. The zero-order valence-corrected chi connectivity index (χ0v) is 10.1. The van der Waals surface area contributed by atoms with Gasteiger partial charge in [0.25, 0.3) is 0 Å². The van der Waals surface area contributed by atoms with Crippen molar-refractivity contribution in [2.24, 2.45) is 5.73 Å². The predicted octanol–water partition coefficient (Wildman–Crippen LogP) is 1.22. The minimum Gasteiger partial charge on any atom is -0.493 e. The van der Waals surface area contributed by atoms with Gasteiger partial charge in [-0.3, -0.25) is 9.48 Å². The van der Waals surface area contributed by atoms with Crippen LogP contribution in [0, 0.1) is 0 Å². The fraction of sp³-hybridized carbons (Fsp3) is 0.636. The van der Waals surface area contributed by atoms with Crippen LogP contribution in [0.4, 0.5) is 0 Å². The molecule has 0 aliphatic carbocycles. The highest BCUT2D eigenvalue weighted by molar-refractivity contribution is 6.00. The number of hydrogen-bond acceptors (Lipinski definition) is 4. The number of hydrogen-bond donors (Lipinski definition) is 1. The van der Waals surface area contributed by atoms with Crippen LogP contribution < -0.4 is 10.5 Å². The van der Waals surface area contributed by atoms with Crippen molar-refractivity contribution in [1.29, 1.82) is 0 Å². The molecule has 1 heterocycles. The first-order chi connectivity index (χ1) is 7.65. The molecule has 0 aliphatic heterocycles. The van der Waals surface area contributed by atoms with Gasteiger partial charge >= 0.3 is 0 Å². The third kappa shape index (κ3) is 2.41. The fourth-order valence-electron chi connectivity index (χ4n) is 1.51. The highest BCUT2D eigenvalue weighted by atomic mass is 16.5. The van der Waals surface area contributed by atoms with E-state index in [0.29, 0.717) is 24.4 Å². The Hall–Kier alpha value is -1.36. The Morgan fingerprint density at radius 1 is 1.62 bits per heavy atom. The first kappa shape index (κ1) is 12.7. The van der Waals surface area contributed by atoms with E-state index in [1.807, 2.05) is 13.8 Å². The molecule has 0 aromatic carbocycles. The largest absolute Gasteiger partial charge is 0.493 e. The smallest absolute Gasteiger partial charge is 0.201 e. The number of rotatable bonds is 6. The molecule has 1 aromatic rings. The van der Waals surface area contributed by atoms with Gasteiger partial charge in [-0.15, -0.1) is 0 Å². The van der Waals surface area contributed by atoms with Gasteiger partial charge in [0.15, 0.2) is 5.75 Å². The van der Waals surface area contributed by atoms with E-state index in [4.69, 9.17) is 10.5 Å². The lowest BCUT2D eigenvalue weighted by Crippen LogP contribution is -2.31. The quantitative estimate of drug-likeness (QED) is 0.739. The minimum absolute atomic E-state index is 0.106. The van der Waals surface area contributed by atoms with Crippen LogP contribution in [0.3, 0.4) is 0 Å². The number of ketones is 1. The molecule has 0 saturated heterocycles. The third-order valence-electron chi connectivity index (χ3n) is 2.47. The average molecular weight is 225 g/mol. The molecule has 1 unspecified atom stereocenters. The summed E-state index contributed by atoms with van der Waals surface area (Å²) in [5, 5.41) is 4.13. The SMILES string of the molecule is CCCn1ncc(OC)c1C(=O)C(N)CC. The van der Waals surface area contributed by atoms with E-state index >= 15 is 0 Å². The van der Waals surface area contributed by atoms with Crippen molar-refractivity contribution in [3.8, 4) is 5.75 Å². The van der Waals surface area contributed by atoms with Crippen LogP contribution in [0.2, 0.25) is 0 Å². The van der Waals surface area contributed by atoms with Gasteiger partial charge < -0.3 is 10.5 Å². The summed E-state index contributed by atoms with van der Waals surface area (Å²) in [6.45, 7) is 4.61. The van der Waals surface area contributed by atoms with Crippen LogP contribution in [-0.2, 0) is 6.54 Å². The number of Topliss-reactive ketones (excluding diaryl/α,β-unsaturated/α-hetero) is 1. The number of methoxy groups -OCH3 is 1. The van der Waals surface area contributed by atoms with E-state index in [9.17, 15) is 4.79 Å². The molecule has 1 rings (SSSR count). The molecule has 5 heteroatoms. The maximum atomic E-state index is 12.0. The van der Waals surface area contributed by atoms with Crippen molar-refractivity contribution in [3.63, 3.8) is 0 Å². The van der Waals surface area contributed by atoms with Crippen LogP contribution >= 0.6 is 0 Å². The fourth-order valence-corrected chi connectivity index (χ4v) is 1.51. The van der Waals surface area contributed by atoms with Crippen molar-refractivity contribution in [3.05, 3.63) is 11.9 Å². The van der Waals surface area contributed by atoms with Gasteiger partial charge in [-0.1, -0.05) is 13.8 Å². The van der Waals surface area contributed by atoms with Crippen LogP contribution in [0.5, 0.6) is 5.75 Å². The van der Waals surface area contributed by atoms with Crippen molar-refractivity contribution in [1.82, 2.24) is 9.78 Å². The highest BCUT2D eigenvalue weighted by Crippen LogP contribution is 2.19. The lowest BCUT2D eigenvalue weighted by atomic mass is 10.1. The second kappa shape index (κ2) is 5.65. The number of carbonyl (C=O) groups is 1. The summed E-state index contributed by atoms with van der Waals surface area (Å²) in [7, 11) is 1.53. The maximum Gasteiger partial charge on any atom is 0.201 e. The maximum absolute atomic E-state index is 12.0. The molecule has 0 bridgehead atoms. The van der Waals surface area contributed by atoms with Crippen LogP contribution in [0.1, 0.15) is 37.2 Å². The van der Waals surface area contributed by atoms with E-state index in [-0.39, 0.29) is 5.78 Å². The molecule has 0 aliphatic rings. The molecule has 0 radical (unpaired) electrons. The second-order valence-corrected chi connectivity index (χ2v) is 3.66. The first-order valence-corrected chi connectivity index (χ1v) is 5.55. The molecular formula is C11H19N3O2. The normalized spacial score (nSPS) is 12.5. The Kier molecular flexibility index (Phi) is 4.49. The van der Waals surface area contributed by atoms with Crippen LogP contribution in [0.15, 0.2) is 6.20 Å². The first-order valence-electron chi connectivity index (χ1n) is 5.55. The third-order valence-corrected chi connectivity index (χ3v) is 2.47. The van der Waals surface area contributed by atoms with E-state index in [1.54, 1.807) is 10.9 Å². The van der Waals surface area contributed by atoms with E-state index in [2.05, 4.69) is 5.10 Å². The summed E-state index contributed by atoms with van der Waals surface area (Å²) in [5.41, 5.74) is 6.24. The van der Waals surface area contributed by atoms with Gasteiger partial charge in [0, 0.05) is 6.54 Å². The Labute approximate surface area is 95.6 Å². The molecule has 5 nitrogen and oxygen atoms in total. The van der Waals surface area contributed by atoms with Gasteiger partial charge in [-0.05, 0) is 12.8 Å². The molecule has 0 amide bonds. The summed E-state index contributed by atoms with van der Waals surface area (Å²) in [6.07, 6.45) is 3.08. The Bertz CT molecular complexity index is 360. The zero-order chi connectivity index (χ0) is 12.1. The number of aromatic nitrogens is 2. The standard InChI is InChI=1S/C11H19N3O2/c1-4-6-14-10(9(16-3)7-13-14)11(15)8(12)5-2/h7-8H,4-6,12H2,1-3H3. The van der Waals surface area contributed by atoms with E-state index < -0.39 is 6.04 Å². The average Bonchev–Trinajstić information content (AvgIpc) is 2.70. The Morgan fingerprint density at radius 2 is 2.31 bits per heavy atom. The van der Waals surface area contributed by atoms with Crippen molar-refractivity contribution < 1.29 is 9.53 Å². The van der Waals surface area contributed by atoms with Crippen molar-refractivity contribution >= 4 is 5.78 Å². The second-order valence-electron chi connectivity index (χ2n) is 3.66. The van der Waals surface area contributed by atoms with Crippen LogP contribution in [0.25, 0.3) is 0 Å². The predicted molar refractivity (Wildman–Crippen MR) is 61.7 cm³/mol. The summed E-state index contributed by atoms with van der Waals surface area (Å²) in [4.78, 5) is 12.0. The summed E-state index contributed by atoms with van der Waals surface area (Å²) >= 11 is 0. The van der Waals surface area contributed by atoms with E-state index in [0.717, 1.165) is 6.42 Å². The molecule has 16 heavy (non-hydrogen) atoms. The number of nitrogens with two attached hydrogens (primary N) is 1. The lowest BCUT2D eigenvalue weighted by molar-refractivity contribution is 0.0945. The molecular weight excluding hydrogens is 206 g/mol. The van der Waals surface area contributed by atoms with Gasteiger partial charge in [-0.25, -0.2) is 0 Å². The van der Waals surface area contributed by atoms with Crippen molar-refractivity contribution in [2.45, 2.75) is 39.3 Å². The molecule has 1 aromatic heterocycles. The Morgan fingerprint density at radius 3 is 2.81 bits per heavy atom. The number of nitrogens with zero attached hydrogens (tertiary/aromatic N) is 2. The van der Waals surface area contributed by atoms with Gasteiger partial charge in [0.2, 0.25) is 5.78 Å². The summed E-state index contributed by atoms with van der Waals surface area (Å²) in [6, 6.07) is -0.485. The zero-order valence-electron chi connectivity index (χ0n) is 10.1. The number of carbonyl (C=O) groups excluding carboxylic acids is 1. The molecule has 0 saturated carbocycles. The van der Waals surface area contributed by atoms with Crippen LogP contribution in [-0.4, -0.2) is 28.7 Å². The molecule has 0 spiro atoms.